The van der Waals surface area contributed by atoms with E-state index in [-0.39, 0.29) is 40.5 Å². The molecular weight excluding hydrogens is 514 g/mol. The number of carbonyl (C=O) groups excluding carboxylic acids is 2. The third kappa shape index (κ3) is 11.3. The Morgan fingerprint density at radius 3 is 1.51 bits per heavy atom. The van der Waals surface area contributed by atoms with Gasteiger partial charge in [0.05, 0.1) is 37.0 Å². The van der Waals surface area contributed by atoms with Crippen LogP contribution in [0.5, 0.6) is 0 Å². The second-order valence-corrected chi connectivity index (χ2v) is 14.4. The van der Waals surface area contributed by atoms with Crippen LogP contribution in [0.1, 0.15) is 111 Å². The molecule has 0 spiro atoms. The molecule has 0 aromatic heterocycles. The summed E-state index contributed by atoms with van der Waals surface area (Å²) in [7, 11) is -3.92. The highest BCUT2D eigenvalue weighted by molar-refractivity contribution is 7.93. The molecule has 0 amide bonds. The molecule has 39 heavy (non-hydrogen) atoms. The first-order valence-electron chi connectivity index (χ1n) is 14.2. The van der Waals surface area contributed by atoms with Crippen LogP contribution in [-0.4, -0.2) is 38.3 Å². The zero-order valence-corrected chi connectivity index (χ0v) is 25.9. The van der Waals surface area contributed by atoms with Crippen molar-refractivity contribution in [3.63, 3.8) is 0 Å². The van der Waals surface area contributed by atoms with Crippen molar-refractivity contribution < 1.29 is 27.5 Å². The second-order valence-electron chi connectivity index (χ2n) is 12.1. The molecule has 0 aliphatic rings. The Labute approximate surface area is 236 Å². The summed E-state index contributed by atoms with van der Waals surface area (Å²) in [5.74, 6) is -0.469. The van der Waals surface area contributed by atoms with E-state index >= 15 is 0 Å². The average Bonchev–Trinajstić information content (AvgIpc) is 2.83. The number of aryl methyl sites for hydroxylation is 1. The zero-order valence-electron chi connectivity index (χ0n) is 25.1. The molecule has 1 aromatic carbocycles. The summed E-state index contributed by atoms with van der Waals surface area (Å²) in [4.78, 5) is 24.1. The number of carbonyl (C=O) groups is 2. The smallest absolute Gasteiger partial charge is 0.306 e. The van der Waals surface area contributed by atoms with E-state index in [0.717, 1.165) is 18.4 Å². The maximum atomic E-state index is 13.9. The lowest BCUT2D eigenvalue weighted by Crippen LogP contribution is -2.37. The van der Waals surface area contributed by atoms with Crippen LogP contribution in [-0.2, 0) is 28.9 Å². The molecule has 0 atom stereocenters. The van der Waals surface area contributed by atoms with Crippen LogP contribution in [0.4, 0.5) is 0 Å². The van der Waals surface area contributed by atoms with Gasteiger partial charge in [0.15, 0.2) is 14.6 Å². The van der Waals surface area contributed by atoms with Gasteiger partial charge in [0.2, 0.25) is 0 Å². The monoisotopic (exact) mass is 563 g/mol. The van der Waals surface area contributed by atoms with Crippen LogP contribution in [0.25, 0.3) is 0 Å². The van der Waals surface area contributed by atoms with E-state index in [1.54, 1.807) is 38.1 Å². The van der Waals surface area contributed by atoms with Gasteiger partial charge in [-0.25, -0.2) is 8.42 Å². The van der Waals surface area contributed by atoms with Crippen molar-refractivity contribution in [3.8, 4) is 6.07 Å². The van der Waals surface area contributed by atoms with Gasteiger partial charge in [-0.15, -0.1) is 0 Å². The second kappa shape index (κ2) is 15.4. The Morgan fingerprint density at radius 1 is 0.769 bits per heavy atom. The van der Waals surface area contributed by atoms with Crippen molar-refractivity contribution in [1.29, 1.82) is 5.26 Å². The molecule has 0 saturated heterocycles. The summed E-state index contributed by atoms with van der Waals surface area (Å²) in [5.41, 5.74) is 0.397. The quantitative estimate of drug-likeness (QED) is 0.138. The van der Waals surface area contributed by atoms with Crippen LogP contribution >= 0.6 is 0 Å². The zero-order chi connectivity index (χ0) is 29.7. The van der Waals surface area contributed by atoms with E-state index in [9.17, 15) is 23.3 Å². The first-order chi connectivity index (χ1) is 18.1. The highest BCUT2D eigenvalue weighted by Gasteiger charge is 2.44. The third-order valence-electron chi connectivity index (χ3n) is 7.27. The minimum absolute atomic E-state index is 0.167. The van der Waals surface area contributed by atoms with Gasteiger partial charge < -0.3 is 9.47 Å². The van der Waals surface area contributed by atoms with E-state index in [4.69, 9.17) is 9.47 Å². The van der Waals surface area contributed by atoms with Gasteiger partial charge in [-0.05, 0) is 69.4 Å². The number of esters is 2. The van der Waals surface area contributed by atoms with Crippen LogP contribution in [0, 0.1) is 29.1 Å². The van der Waals surface area contributed by atoms with Gasteiger partial charge in [-0.3, -0.25) is 9.59 Å². The van der Waals surface area contributed by atoms with Crippen LogP contribution in [0.2, 0.25) is 0 Å². The molecule has 0 aliphatic heterocycles. The number of nitrogens with zero attached hydrogens (tertiary/aromatic N) is 1. The minimum Gasteiger partial charge on any atom is -0.466 e. The van der Waals surface area contributed by atoms with Crippen molar-refractivity contribution in [2.24, 2.45) is 10.8 Å². The fraction of sp³-hybridized carbons (Fsp3) is 0.710. The number of nitriles is 1. The van der Waals surface area contributed by atoms with Crippen LogP contribution in [0.15, 0.2) is 29.2 Å². The number of ether oxygens (including phenoxy) is 2. The van der Waals surface area contributed by atoms with Crippen molar-refractivity contribution in [1.82, 2.24) is 0 Å². The molecule has 1 rings (SSSR count). The Kier molecular flexibility index (Phi) is 13.7. The Bertz CT molecular complexity index is 1030. The largest absolute Gasteiger partial charge is 0.466 e. The molecular formula is C31H49NO6S. The van der Waals surface area contributed by atoms with E-state index in [1.807, 2.05) is 34.6 Å². The maximum Gasteiger partial charge on any atom is 0.306 e. The van der Waals surface area contributed by atoms with Crippen molar-refractivity contribution in [2.75, 3.05) is 13.2 Å². The van der Waals surface area contributed by atoms with Gasteiger partial charge in [0.1, 0.15) is 0 Å². The number of hydrogen-bond donors (Lipinski definition) is 0. The standard InChI is InChI=1S/C31H49NO6S/c1-8-37-27(33)22-29(4,5)18-10-12-20-31(24-32,39(35,36)26-16-14-25(3)15-17-26)21-13-11-19-30(6,7)23-28(34)38-9-2/h14-17H,8-13,18-23H2,1-7H3. The topological polar surface area (TPSA) is 111 Å². The SMILES string of the molecule is CCOC(=O)CC(C)(C)CCCCC(C#N)(CCCCC(C)(C)CC(=O)OCC)S(=O)(=O)c1ccc(C)cc1. The molecule has 0 unspecified atom stereocenters. The van der Waals surface area contributed by atoms with Crippen LogP contribution in [0.3, 0.4) is 0 Å². The minimum atomic E-state index is -3.92. The molecule has 0 aliphatic carbocycles. The summed E-state index contributed by atoms with van der Waals surface area (Å²) >= 11 is 0. The lowest BCUT2D eigenvalue weighted by Gasteiger charge is -2.29. The summed E-state index contributed by atoms with van der Waals surface area (Å²) in [5, 5.41) is 10.4. The fourth-order valence-corrected chi connectivity index (χ4v) is 6.81. The molecule has 0 N–H and O–H groups in total. The number of sulfone groups is 1. The number of unbranched alkanes of at least 4 members (excludes halogenated alkanes) is 2. The predicted octanol–water partition coefficient (Wildman–Crippen LogP) is 7.11. The van der Waals surface area contributed by atoms with Crippen molar-refractivity contribution in [2.45, 2.75) is 122 Å². The lowest BCUT2D eigenvalue weighted by atomic mass is 9.82. The average molecular weight is 564 g/mol. The van der Waals surface area contributed by atoms with Gasteiger partial charge >= 0.3 is 11.9 Å². The van der Waals surface area contributed by atoms with Crippen LogP contribution < -0.4 is 0 Å². The molecule has 7 nitrogen and oxygen atoms in total. The van der Waals surface area contributed by atoms with Gasteiger partial charge in [-0.2, -0.15) is 5.26 Å². The molecule has 0 heterocycles. The summed E-state index contributed by atoms with van der Waals surface area (Å²) in [6.45, 7) is 14.2. The molecule has 220 valence electrons. The van der Waals surface area contributed by atoms with Gasteiger partial charge in [-0.1, -0.05) is 71.1 Å². The number of rotatable bonds is 18. The highest BCUT2D eigenvalue weighted by Crippen LogP contribution is 2.38. The van der Waals surface area contributed by atoms with Gasteiger partial charge in [0, 0.05) is 0 Å². The first kappa shape index (κ1) is 34.6. The Balaban J connectivity index is 3.00. The molecule has 0 fully saturated rings. The fourth-order valence-electron chi connectivity index (χ4n) is 4.92. The predicted molar refractivity (Wildman–Crippen MR) is 154 cm³/mol. The molecule has 0 radical (unpaired) electrons. The first-order valence-corrected chi connectivity index (χ1v) is 15.7. The Hall–Kier alpha value is -2.40. The summed E-state index contributed by atoms with van der Waals surface area (Å²) < 4.78 is 36.4. The van der Waals surface area contributed by atoms with E-state index in [2.05, 4.69) is 6.07 Å². The molecule has 0 bridgehead atoms. The van der Waals surface area contributed by atoms with E-state index in [0.29, 0.717) is 51.7 Å². The van der Waals surface area contributed by atoms with Gasteiger partial charge in [0.25, 0.3) is 0 Å². The normalized spacial score (nSPS) is 12.6. The third-order valence-corrected chi connectivity index (χ3v) is 9.70. The Morgan fingerprint density at radius 2 is 1.15 bits per heavy atom. The summed E-state index contributed by atoms with van der Waals surface area (Å²) in [6.07, 6.45) is 5.00. The number of hydrogen-bond acceptors (Lipinski definition) is 7. The molecule has 8 heteroatoms. The van der Waals surface area contributed by atoms with E-state index < -0.39 is 14.6 Å². The molecule has 1 aromatic rings. The van der Waals surface area contributed by atoms with Crippen molar-refractivity contribution in [3.05, 3.63) is 29.8 Å². The van der Waals surface area contributed by atoms with Crippen molar-refractivity contribution >= 4 is 21.8 Å². The highest BCUT2D eigenvalue weighted by atomic mass is 32.2. The molecule has 0 saturated carbocycles. The summed E-state index contributed by atoms with van der Waals surface area (Å²) in [6, 6.07) is 8.91. The van der Waals surface area contributed by atoms with E-state index in [1.165, 1.54) is 0 Å². The lowest BCUT2D eigenvalue weighted by molar-refractivity contribution is -0.146. The number of benzene rings is 1. The maximum absolute atomic E-state index is 13.9.